The number of ether oxygens (including phenoxy) is 4. The lowest BCUT2D eigenvalue weighted by Crippen LogP contribution is -2.28. The minimum atomic E-state index is -0.587. The largest absolute Gasteiger partial charge is 0.492 e. The van der Waals surface area contributed by atoms with Gasteiger partial charge in [-0.25, -0.2) is 9.48 Å². The SMILES string of the molecule is COC(=O)/C1=C/N(C)CCc2cc3c(c(OC)c2C1c1nnnn1C1CCCCC1)OCO3. The van der Waals surface area contributed by atoms with Crippen molar-refractivity contribution in [2.45, 2.75) is 50.5 Å². The van der Waals surface area contributed by atoms with Crippen molar-refractivity contribution in [3.8, 4) is 17.2 Å². The highest BCUT2D eigenvalue weighted by Crippen LogP contribution is 2.51. The number of nitrogens with zero attached hydrogens (tertiary/aromatic N) is 5. The molecule has 0 radical (unpaired) electrons. The molecule has 1 unspecified atom stereocenters. The third-order valence-electron chi connectivity index (χ3n) is 6.76. The molecule has 0 amide bonds. The Morgan fingerprint density at radius 3 is 2.76 bits per heavy atom. The highest BCUT2D eigenvalue weighted by Gasteiger charge is 2.39. The van der Waals surface area contributed by atoms with Gasteiger partial charge in [0.1, 0.15) is 0 Å². The molecule has 0 N–H and O–H groups in total. The Morgan fingerprint density at radius 1 is 1.18 bits per heavy atom. The van der Waals surface area contributed by atoms with E-state index in [-0.39, 0.29) is 12.8 Å². The number of tetrazole rings is 1. The second kappa shape index (κ2) is 8.92. The average molecular weight is 456 g/mol. The van der Waals surface area contributed by atoms with E-state index in [0.29, 0.717) is 35.2 Å². The molecule has 3 heterocycles. The number of rotatable bonds is 4. The minimum absolute atomic E-state index is 0.124. The van der Waals surface area contributed by atoms with Gasteiger partial charge in [0.15, 0.2) is 17.3 Å². The van der Waals surface area contributed by atoms with E-state index < -0.39 is 11.9 Å². The topological polar surface area (TPSA) is 101 Å². The van der Waals surface area contributed by atoms with E-state index in [4.69, 9.17) is 18.9 Å². The molecule has 5 rings (SSSR count). The molecule has 3 aliphatic rings. The smallest absolute Gasteiger partial charge is 0.336 e. The summed E-state index contributed by atoms with van der Waals surface area (Å²) >= 11 is 0. The average Bonchev–Trinajstić information content (AvgIpc) is 3.51. The van der Waals surface area contributed by atoms with Gasteiger partial charge >= 0.3 is 5.97 Å². The van der Waals surface area contributed by atoms with Crippen LogP contribution in [0.25, 0.3) is 0 Å². The van der Waals surface area contributed by atoms with E-state index >= 15 is 0 Å². The van der Waals surface area contributed by atoms with Crippen LogP contribution in [0.1, 0.15) is 61.0 Å². The van der Waals surface area contributed by atoms with Crippen molar-refractivity contribution < 1.29 is 23.7 Å². The van der Waals surface area contributed by atoms with Gasteiger partial charge in [-0.15, -0.1) is 5.10 Å². The van der Waals surface area contributed by atoms with Gasteiger partial charge in [0.05, 0.1) is 31.8 Å². The van der Waals surface area contributed by atoms with Crippen molar-refractivity contribution in [3.63, 3.8) is 0 Å². The van der Waals surface area contributed by atoms with Crippen LogP contribution in [0.2, 0.25) is 0 Å². The molecule has 1 fully saturated rings. The lowest BCUT2D eigenvalue weighted by Gasteiger charge is -2.30. The molecule has 176 valence electrons. The second-order valence-corrected chi connectivity index (χ2v) is 8.73. The molecule has 10 heteroatoms. The Balaban J connectivity index is 1.76. The second-order valence-electron chi connectivity index (χ2n) is 8.73. The first-order chi connectivity index (χ1) is 16.1. The summed E-state index contributed by atoms with van der Waals surface area (Å²) in [5, 5.41) is 12.9. The maximum absolute atomic E-state index is 13.1. The normalized spacial score (nSPS) is 22.1. The van der Waals surface area contributed by atoms with E-state index in [1.54, 1.807) is 7.11 Å². The number of benzene rings is 1. The summed E-state index contributed by atoms with van der Waals surface area (Å²) in [6.07, 6.45) is 8.07. The van der Waals surface area contributed by atoms with Gasteiger partial charge in [-0.3, -0.25) is 0 Å². The van der Waals surface area contributed by atoms with Gasteiger partial charge < -0.3 is 23.8 Å². The molecule has 1 aromatic heterocycles. The number of hydrogen-bond acceptors (Lipinski definition) is 9. The van der Waals surface area contributed by atoms with E-state index in [2.05, 4.69) is 15.5 Å². The number of carbonyl (C=O) groups excluding carboxylic acids is 1. The van der Waals surface area contributed by atoms with Gasteiger partial charge in [-0.1, -0.05) is 19.3 Å². The monoisotopic (exact) mass is 455 g/mol. The Bertz CT molecular complexity index is 1080. The molecule has 1 aromatic carbocycles. The van der Waals surface area contributed by atoms with Crippen LogP contribution in [0.4, 0.5) is 0 Å². The van der Waals surface area contributed by atoms with Crippen LogP contribution >= 0.6 is 0 Å². The quantitative estimate of drug-likeness (QED) is 0.644. The molecular weight excluding hydrogens is 426 g/mol. The number of methoxy groups -OCH3 is 2. The number of likely N-dealkylation sites (N-methyl/N-ethyl adjacent to an activating group) is 1. The highest BCUT2D eigenvalue weighted by atomic mass is 16.7. The zero-order valence-electron chi connectivity index (χ0n) is 19.2. The maximum Gasteiger partial charge on any atom is 0.336 e. The first kappa shape index (κ1) is 21.5. The third-order valence-corrected chi connectivity index (χ3v) is 6.76. The summed E-state index contributed by atoms with van der Waals surface area (Å²) in [7, 11) is 4.94. The zero-order valence-corrected chi connectivity index (χ0v) is 19.2. The molecule has 10 nitrogen and oxygen atoms in total. The standard InChI is InChI=1S/C23H29N5O5/c1-27-10-9-14-11-17-20(33-13-32-17)21(30-2)18(14)19(16(12-27)23(29)31-3)22-24-25-26-28(22)15-7-5-4-6-8-15/h11-12,15,19H,4-10,13H2,1-3H3/b16-12+. The molecule has 0 spiro atoms. The predicted molar refractivity (Wildman–Crippen MR) is 117 cm³/mol. The van der Waals surface area contributed by atoms with Gasteiger partial charge in [0, 0.05) is 25.4 Å². The third kappa shape index (κ3) is 3.77. The van der Waals surface area contributed by atoms with E-state index in [9.17, 15) is 4.79 Å². The molecule has 2 aromatic rings. The van der Waals surface area contributed by atoms with E-state index in [0.717, 1.165) is 43.2 Å². The van der Waals surface area contributed by atoms with Crippen LogP contribution < -0.4 is 14.2 Å². The minimum Gasteiger partial charge on any atom is -0.492 e. The van der Waals surface area contributed by atoms with Crippen LogP contribution in [0, 0.1) is 0 Å². The summed E-state index contributed by atoms with van der Waals surface area (Å²) in [4.78, 5) is 15.1. The maximum atomic E-state index is 13.1. The van der Waals surface area contributed by atoms with Gasteiger partial charge in [0.2, 0.25) is 12.5 Å². The van der Waals surface area contributed by atoms with Crippen LogP contribution in [0.5, 0.6) is 17.2 Å². The van der Waals surface area contributed by atoms with Crippen molar-refractivity contribution >= 4 is 5.97 Å². The molecule has 1 saturated carbocycles. The number of aromatic nitrogens is 4. The fraction of sp³-hybridized carbons (Fsp3) is 0.565. The van der Waals surface area contributed by atoms with Crippen LogP contribution in [0.15, 0.2) is 17.8 Å². The van der Waals surface area contributed by atoms with E-state index in [1.165, 1.54) is 13.5 Å². The van der Waals surface area contributed by atoms with Crippen LogP contribution in [-0.2, 0) is 16.0 Å². The molecule has 2 aliphatic heterocycles. The summed E-state index contributed by atoms with van der Waals surface area (Å²) < 4.78 is 24.4. The van der Waals surface area contributed by atoms with Gasteiger partial charge in [0.25, 0.3) is 0 Å². The van der Waals surface area contributed by atoms with Crippen molar-refractivity contribution in [1.82, 2.24) is 25.1 Å². The Morgan fingerprint density at radius 2 is 2.00 bits per heavy atom. The first-order valence-electron chi connectivity index (χ1n) is 11.4. The molecule has 33 heavy (non-hydrogen) atoms. The number of hydrogen-bond donors (Lipinski definition) is 0. The van der Waals surface area contributed by atoms with Crippen molar-refractivity contribution in [2.75, 3.05) is 34.6 Å². The van der Waals surface area contributed by atoms with Gasteiger partial charge in [-0.05, 0) is 41.3 Å². The van der Waals surface area contributed by atoms with Crippen LogP contribution in [-0.4, -0.2) is 65.7 Å². The number of fused-ring (bicyclic) bond motifs is 2. The molecule has 1 aliphatic carbocycles. The van der Waals surface area contributed by atoms with Gasteiger partial charge in [-0.2, -0.15) is 0 Å². The van der Waals surface area contributed by atoms with Crippen molar-refractivity contribution in [1.29, 1.82) is 0 Å². The first-order valence-corrected chi connectivity index (χ1v) is 11.4. The summed E-state index contributed by atoms with van der Waals surface area (Å²) in [5.74, 6) is 1.31. The molecule has 1 atom stereocenters. The summed E-state index contributed by atoms with van der Waals surface area (Å²) in [6.45, 7) is 0.829. The summed E-state index contributed by atoms with van der Waals surface area (Å²) in [5.41, 5.74) is 2.27. The number of esters is 1. The number of carbonyl (C=O) groups is 1. The zero-order chi connectivity index (χ0) is 22.9. The Kier molecular flexibility index (Phi) is 5.82. The Labute approximate surface area is 192 Å². The highest BCUT2D eigenvalue weighted by molar-refractivity contribution is 5.91. The molecule has 0 bridgehead atoms. The molecular formula is C23H29N5O5. The van der Waals surface area contributed by atoms with Crippen molar-refractivity contribution in [3.05, 3.63) is 34.8 Å². The van der Waals surface area contributed by atoms with E-state index in [1.807, 2.05) is 28.9 Å². The summed E-state index contributed by atoms with van der Waals surface area (Å²) in [6, 6.07) is 2.17. The predicted octanol–water partition coefficient (Wildman–Crippen LogP) is 2.59. The van der Waals surface area contributed by atoms with Crippen molar-refractivity contribution in [2.24, 2.45) is 0 Å². The fourth-order valence-electron chi connectivity index (χ4n) is 5.16. The lowest BCUT2D eigenvalue weighted by atomic mass is 9.83. The lowest BCUT2D eigenvalue weighted by molar-refractivity contribution is -0.136. The fourth-order valence-corrected chi connectivity index (χ4v) is 5.16. The molecule has 0 saturated heterocycles. The van der Waals surface area contributed by atoms with Crippen LogP contribution in [0.3, 0.4) is 0 Å². The Hall–Kier alpha value is -3.30.